The summed E-state index contributed by atoms with van der Waals surface area (Å²) in [7, 11) is -3.10. The third-order valence-corrected chi connectivity index (χ3v) is 8.32. The average molecular weight is 411 g/mol. The van der Waals surface area contributed by atoms with E-state index in [9.17, 15) is 13.2 Å². The van der Waals surface area contributed by atoms with Crippen molar-refractivity contribution in [3.8, 4) is 11.5 Å². The first kappa shape index (κ1) is 18.6. The molecule has 0 N–H and O–H groups in total. The summed E-state index contributed by atoms with van der Waals surface area (Å²) in [5, 5.41) is 0.452. The van der Waals surface area contributed by atoms with E-state index >= 15 is 0 Å². The van der Waals surface area contributed by atoms with Gasteiger partial charge in [0.2, 0.25) is 0 Å². The molecule has 3 heterocycles. The number of rotatable bonds is 3. The number of fused-ring (bicyclic) bond motifs is 2. The van der Waals surface area contributed by atoms with E-state index in [2.05, 4.69) is 4.99 Å². The molecule has 0 spiro atoms. The van der Waals surface area contributed by atoms with Gasteiger partial charge < -0.3 is 14.4 Å². The lowest BCUT2D eigenvalue weighted by Gasteiger charge is -2.26. The Morgan fingerprint density at radius 2 is 2.04 bits per heavy atom. The number of benzene rings is 1. The molecule has 0 unspecified atom stereocenters. The van der Waals surface area contributed by atoms with E-state index in [4.69, 9.17) is 9.47 Å². The van der Waals surface area contributed by atoms with Gasteiger partial charge >= 0.3 is 0 Å². The Morgan fingerprint density at radius 3 is 2.78 bits per heavy atom. The maximum absolute atomic E-state index is 12.4. The van der Waals surface area contributed by atoms with Crippen molar-refractivity contribution < 1.29 is 22.7 Å². The smallest absolute Gasteiger partial charge is 0.250 e. The summed E-state index contributed by atoms with van der Waals surface area (Å²) in [6, 6.07) is 5.29. The van der Waals surface area contributed by atoms with Gasteiger partial charge in [-0.1, -0.05) is 25.6 Å². The first-order chi connectivity index (χ1) is 12.9. The van der Waals surface area contributed by atoms with Crippen LogP contribution in [0.25, 0.3) is 0 Å². The molecule has 3 aliphatic rings. The Balaban J connectivity index is 1.72. The second-order valence-electron chi connectivity index (χ2n) is 7.04. The summed E-state index contributed by atoms with van der Waals surface area (Å²) >= 11 is 1.38. The van der Waals surface area contributed by atoms with E-state index in [0.29, 0.717) is 36.3 Å². The van der Waals surface area contributed by atoms with Crippen LogP contribution in [0.5, 0.6) is 11.5 Å². The fourth-order valence-corrected chi connectivity index (χ4v) is 7.35. The number of nitrogens with zero attached hydrogens (tertiary/aromatic N) is 2. The van der Waals surface area contributed by atoms with Gasteiger partial charge in [-0.2, -0.15) is 4.99 Å². The summed E-state index contributed by atoms with van der Waals surface area (Å²) in [4.78, 5) is 18.6. The highest BCUT2D eigenvalue weighted by molar-refractivity contribution is 8.16. The van der Waals surface area contributed by atoms with E-state index < -0.39 is 9.84 Å². The van der Waals surface area contributed by atoms with E-state index in [1.54, 1.807) is 0 Å². The first-order valence-corrected chi connectivity index (χ1v) is 11.8. The Hall–Kier alpha value is -1.74. The fraction of sp³-hybridized carbons (Fsp3) is 0.556. The van der Waals surface area contributed by atoms with Crippen molar-refractivity contribution in [2.45, 2.75) is 31.6 Å². The van der Waals surface area contributed by atoms with Gasteiger partial charge in [0, 0.05) is 22.9 Å². The lowest BCUT2D eigenvalue weighted by atomic mass is 10.1. The molecule has 1 aromatic rings. The van der Waals surface area contributed by atoms with Crippen LogP contribution in [-0.4, -0.2) is 55.5 Å². The number of ether oxygens (including phenoxy) is 2. The molecule has 146 valence electrons. The standard InChI is InChI=1S/C18H22N2O5S2/c1-3-11(2)17(21)19-18-20(13-9-27(22,23)10-16(13)26-18)12-4-5-14-15(8-12)25-7-6-24-14/h4-5,8,11,13,16H,3,6-7,9-10H2,1-2H3/t11-,13+,16-/m1/s1. The van der Waals surface area contributed by atoms with Crippen molar-refractivity contribution in [2.24, 2.45) is 10.9 Å². The van der Waals surface area contributed by atoms with E-state index in [-0.39, 0.29) is 34.6 Å². The number of carbonyl (C=O) groups excluding carboxylic acids is 1. The number of thioether (sulfide) groups is 1. The van der Waals surface area contributed by atoms with Crippen molar-refractivity contribution in [3.05, 3.63) is 18.2 Å². The Labute approximate surface area is 163 Å². The van der Waals surface area contributed by atoms with Crippen LogP contribution in [0.3, 0.4) is 0 Å². The highest BCUT2D eigenvalue weighted by Crippen LogP contribution is 2.43. The summed E-state index contributed by atoms with van der Waals surface area (Å²) in [5.74, 6) is 1.13. The quantitative estimate of drug-likeness (QED) is 0.754. The van der Waals surface area contributed by atoms with Gasteiger partial charge in [-0.25, -0.2) is 8.42 Å². The zero-order chi connectivity index (χ0) is 19.2. The summed E-state index contributed by atoms with van der Waals surface area (Å²) in [6.07, 6.45) is 0.714. The van der Waals surface area contributed by atoms with Crippen molar-refractivity contribution in [2.75, 3.05) is 29.6 Å². The molecule has 2 saturated heterocycles. The van der Waals surface area contributed by atoms with Crippen LogP contribution in [0, 0.1) is 5.92 Å². The number of hydrogen-bond acceptors (Lipinski definition) is 6. The number of aliphatic imine (C=N–C) groups is 1. The van der Waals surface area contributed by atoms with Crippen LogP contribution in [0.1, 0.15) is 20.3 Å². The normalized spacial score (nSPS) is 28.2. The van der Waals surface area contributed by atoms with E-state index in [0.717, 1.165) is 5.69 Å². The van der Waals surface area contributed by atoms with E-state index in [1.807, 2.05) is 36.9 Å². The number of carbonyl (C=O) groups is 1. The van der Waals surface area contributed by atoms with Gasteiger partial charge in [0.15, 0.2) is 26.5 Å². The second kappa shape index (κ2) is 7.01. The Bertz CT molecular complexity index is 899. The molecular weight excluding hydrogens is 388 g/mol. The van der Waals surface area contributed by atoms with Crippen molar-refractivity contribution >= 4 is 38.4 Å². The van der Waals surface area contributed by atoms with Gasteiger partial charge in [-0.05, 0) is 18.6 Å². The molecule has 0 radical (unpaired) electrons. The maximum atomic E-state index is 12.4. The number of amides is 1. The van der Waals surface area contributed by atoms with Crippen LogP contribution >= 0.6 is 11.8 Å². The monoisotopic (exact) mass is 410 g/mol. The van der Waals surface area contributed by atoms with E-state index in [1.165, 1.54) is 11.8 Å². The highest BCUT2D eigenvalue weighted by atomic mass is 32.2. The maximum Gasteiger partial charge on any atom is 0.250 e. The zero-order valence-electron chi connectivity index (χ0n) is 15.3. The molecule has 0 aromatic heterocycles. The number of sulfone groups is 1. The fourth-order valence-electron chi connectivity index (χ4n) is 3.43. The number of amidine groups is 1. The third-order valence-electron chi connectivity index (χ3n) is 5.11. The van der Waals surface area contributed by atoms with Gasteiger partial charge in [0.05, 0.1) is 17.5 Å². The minimum Gasteiger partial charge on any atom is -0.486 e. The molecule has 0 bridgehead atoms. The van der Waals surface area contributed by atoms with Gasteiger partial charge in [0.25, 0.3) is 5.91 Å². The van der Waals surface area contributed by atoms with Crippen LogP contribution in [0.2, 0.25) is 0 Å². The van der Waals surface area contributed by atoms with Gasteiger partial charge in [0.1, 0.15) is 13.2 Å². The molecule has 4 rings (SSSR count). The number of hydrogen-bond donors (Lipinski definition) is 0. The van der Waals surface area contributed by atoms with Crippen LogP contribution < -0.4 is 14.4 Å². The molecule has 3 aliphatic heterocycles. The molecule has 3 atom stereocenters. The molecule has 1 amide bonds. The molecule has 9 heteroatoms. The van der Waals surface area contributed by atoms with Crippen LogP contribution in [0.4, 0.5) is 5.69 Å². The summed E-state index contributed by atoms with van der Waals surface area (Å²) < 4.78 is 35.5. The van der Waals surface area contributed by atoms with Crippen LogP contribution in [0.15, 0.2) is 23.2 Å². The molecule has 1 aromatic carbocycles. The average Bonchev–Trinajstić information content (AvgIpc) is 3.11. The number of anilines is 1. The predicted octanol–water partition coefficient (Wildman–Crippen LogP) is 2.11. The molecular formula is C18H22N2O5S2. The highest BCUT2D eigenvalue weighted by Gasteiger charge is 2.49. The minimum atomic E-state index is -3.10. The Morgan fingerprint density at radius 1 is 1.30 bits per heavy atom. The Kier molecular flexibility index (Phi) is 4.84. The molecule has 27 heavy (non-hydrogen) atoms. The van der Waals surface area contributed by atoms with Gasteiger partial charge in [-0.15, -0.1) is 0 Å². The summed E-state index contributed by atoms with van der Waals surface area (Å²) in [5.41, 5.74) is 0.770. The van der Waals surface area contributed by atoms with Crippen molar-refractivity contribution in [1.29, 1.82) is 0 Å². The van der Waals surface area contributed by atoms with Crippen molar-refractivity contribution in [3.63, 3.8) is 0 Å². The molecule has 0 aliphatic carbocycles. The minimum absolute atomic E-state index is 0.0651. The SMILES string of the molecule is CC[C@@H](C)C(=O)N=C1S[C@@H]2CS(=O)(=O)C[C@@H]2N1c1ccc2c(c1)OCCO2. The molecule has 0 saturated carbocycles. The third kappa shape index (κ3) is 3.54. The van der Waals surface area contributed by atoms with Crippen molar-refractivity contribution in [1.82, 2.24) is 0 Å². The first-order valence-electron chi connectivity index (χ1n) is 9.06. The topological polar surface area (TPSA) is 85.3 Å². The summed E-state index contributed by atoms with van der Waals surface area (Å²) in [6.45, 7) is 4.78. The van der Waals surface area contributed by atoms with Gasteiger partial charge in [-0.3, -0.25) is 4.79 Å². The lowest BCUT2D eigenvalue weighted by Crippen LogP contribution is -2.38. The second-order valence-corrected chi connectivity index (χ2v) is 10.4. The predicted molar refractivity (Wildman–Crippen MR) is 106 cm³/mol. The zero-order valence-corrected chi connectivity index (χ0v) is 16.9. The molecule has 2 fully saturated rings. The molecule has 7 nitrogen and oxygen atoms in total. The largest absolute Gasteiger partial charge is 0.486 e. The van der Waals surface area contributed by atoms with Crippen LogP contribution in [-0.2, 0) is 14.6 Å². The lowest BCUT2D eigenvalue weighted by molar-refractivity contribution is -0.121.